The van der Waals surface area contributed by atoms with E-state index in [1.165, 1.54) is 16.8 Å². The molecule has 0 bridgehead atoms. The second-order valence-electron chi connectivity index (χ2n) is 3.52. The zero-order chi connectivity index (χ0) is 13.1. The van der Waals surface area contributed by atoms with Crippen LogP contribution in [0.1, 0.15) is 11.6 Å². The van der Waals surface area contributed by atoms with E-state index in [2.05, 4.69) is 10.1 Å². The van der Waals surface area contributed by atoms with Gasteiger partial charge in [-0.3, -0.25) is 0 Å². The van der Waals surface area contributed by atoms with Crippen molar-refractivity contribution in [3.63, 3.8) is 0 Å². The highest BCUT2D eigenvalue weighted by Crippen LogP contribution is 2.19. The molecule has 0 unspecified atom stereocenters. The molecular weight excluding hydrogens is 280 g/mol. The molecule has 0 saturated heterocycles. The zero-order valence-electron chi connectivity index (χ0n) is 9.53. The fourth-order valence-electron chi connectivity index (χ4n) is 1.49. The van der Waals surface area contributed by atoms with E-state index in [9.17, 15) is 4.39 Å². The van der Waals surface area contributed by atoms with Gasteiger partial charge in [0.25, 0.3) is 0 Å². The van der Waals surface area contributed by atoms with Gasteiger partial charge in [-0.05, 0) is 12.1 Å². The van der Waals surface area contributed by atoms with Gasteiger partial charge < -0.3 is 4.74 Å². The summed E-state index contributed by atoms with van der Waals surface area (Å²) in [6, 6.07) is 4.39. The summed E-state index contributed by atoms with van der Waals surface area (Å²) in [5.74, 6) is 0.661. The lowest BCUT2D eigenvalue weighted by Gasteiger charge is -2.04. The Bertz CT molecular complexity index is 559. The summed E-state index contributed by atoms with van der Waals surface area (Å²) in [5.41, 5.74) is 0.516. The number of hydrogen-bond donors (Lipinski definition) is 0. The lowest BCUT2D eigenvalue weighted by molar-refractivity contribution is 0.178. The highest BCUT2D eigenvalue weighted by atomic mass is 35.5. The molecule has 2 aromatic rings. The molecule has 96 valence electrons. The molecule has 0 aliphatic rings. The number of rotatable bonds is 4. The number of aromatic nitrogens is 3. The predicted octanol–water partition coefficient (Wildman–Crippen LogP) is 2.95. The van der Waals surface area contributed by atoms with Crippen molar-refractivity contribution in [1.29, 1.82) is 0 Å². The largest absolute Gasteiger partial charge is 0.377 e. The van der Waals surface area contributed by atoms with E-state index in [4.69, 9.17) is 27.9 Å². The van der Waals surface area contributed by atoms with Crippen LogP contribution in [-0.4, -0.2) is 21.9 Å². The molecule has 0 aliphatic heterocycles. The van der Waals surface area contributed by atoms with Gasteiger partial charge in [0.05, 0.1) is 16.6 Å². The quantitative estimate of drug-likeness (QED) is 0.813. The molecule has 0 N–H and O–H groups in total. The Kier molecular flexibility index (Phi) is 4.16. The average Bonchev–Trinajstić information content (AvgIpc) is 2.76. The van der Waals surface area contributed by atoms with Crippen LogP contribution < -0.4 is 0 Å². The van der Waals surface area contributed by atoms with Gasteiger partial charge in [0, 0.05) is 13.2 Å². The van der Waals surface area contributed by atoms with Crippen molar-refractivity contribution in [2.75, 3.05) is 7.11 Å². The molecule has 0 atom stereocenters. The molecule has 7 heteroatoms. The van der Waals surface area contributed by atoms with Crippen molar-refractivity contribution in [3.05, 3.63) is 40.7 Å². The first-order valence-electron chi connectivity index (χ1n) is 5.11. The molecule has 0 radical (unpaired) electrons. The van der Waals surface area contributed by atoms with Gasteiger partial charge in [0.1, 0.15) is 18.2 Å². The summed E-state index contributed by atoms with van der Waals surface area (Å²) in [5, 5.41) is 4.26. The summed E-state index contributed by atoms with van der Waals surface area (Å²) < 4.78 is 19.8. The Morgan fingerprint density at radius 3 is 2.83 bits per heavy atom. The molecule has 1 aromatic heterocycles. The summed E-state index contributed by atoms with van der Waals surface area (Å²) >= 11 is 11.4. The molecule has 1 aromatic carbocycles. The first-order valence-corrected chi connectivity index (χ1v) is 6.02. The van der Waals surface area contributed by atoms with Gasteiger partial charge in [-0.15, -0.1) is 16.7 Å². The maximum absolute atomic E-state index is 13.4. The highest BCUT2D eigenvalue weighted by molar-refractivity contribution is 6.30. The standard InChI is InChI=1S/C11H10Cl2FN3O/c1-18-6-10-15-11(5-12)17(16-10)7-2-3-8(13)9(14)4-7/h2-4H,5-6H2,1H3. The lowest BCUT2D eigenvalue weighted by atomic mass is 10.3. The number of halogens is 3. The molecule has 4 nitrogen and oxygen atoms in total. The van der Waals surface area contributed by atoms with Crippen LogP contribution in [0.3, 0.4) is 0 Å². The summed E-state index contributed by atoms with van der Waals surface area (Å²) in [4.78, 5) is 4.19. The molecule has 18 heavy (non-hydrogen) atoms. The Balaban J connectivity index is 2.44. The predicted molar refractivity (Wildman–Crippen MR) is 66.6 cm³/mol. The normalized spacial score (nSPS) is 10.9. The van der Waals surface area contributed by atoms with Crippen molar-refractivity contribution in [3.8, 4) is 5.69 Å². The van der Waals surface area contributed by atoms with E-state index in [0.29, 0.717) is 17.3 Å². The minimum absolute atomic E-state index is 0.0587. The SMILES string of the molecule is COCc1nc(CCl)n(-c2ccc(Cl)c(F)c2)n1. The second kappa shape index (κ2) is 5.65. The fourth-order valence-corrected chi connectivity index (χ4v) is 1.78. The monoisotopic (exact) mass is 289 g/mol. The van der Waals surface area contributed by atoms with Crippen molar-refractivity contribution in [1.82, 2.24) is 14.8 Å². The lowest BCUT2D eigenvalue weighted by Crippen LogP contribution is -2.02. The van der Waals surface area contributed by atoms with Crippen molar-refractivity contribution < 1.29 is 9.13 Å². The van der Waals surface area contributed by atoms with E-state index in [1.807, 2.05) is 0 Å². The molecule has 0 amide bonds. The third-order valence-electron chi connectivity index (χ3n) is 2.26. The number of methoxy groups -OCH3 is 1. The van der Waals surface area contributed by atoms with Crippen molar-refractivity contribution in [2.24, 2.45) is 0 Å². The first-order chi connectivity index (χ1) is 8.65. The van der Waals surface area contributed by atoms with Crippen molar-refractivity contribution in [2.45, 2.75) is 12.5 Å². The van der Waals surface area contributed by atoms with E-state index in [1.54, 1.807) is 13.2 Å². The van der Waals surface area contributed by atoms with Gasteiger partial charge >= 0.3 is 0 Å². The molecular formula is C11H10Cl2FN3O. The molecule has 0 saturated carbocycles. The number of benzene rings is 1. The van der Waals surface area contributed by atoms with Crippen LogP contribution in [0.5, 0.6) is 0 Å². The number of alkyl halides is 1. The average molecular weight is 290 g/mol. The number of ether oxygens (including phenoxy) is 1. The van der Waals surface area contributed by atoms with E-state index >= 15 is 0 Å². The van der Waals surface area contributed by atoms with Crippen LogP contribution in [0, 0.1) is 5.82 Å². The second-order valence-corrected chi connectivity index (χ2v) is 4.20. The van der Waals surface area contributed by atoms with Crippen LogP contribution in [0.4, 0.5) is 4.39 Å². The van der Waals surface area contributed by atoms with Crippen LogP contribution in [0.2, 0.25) is 5.02 Å². The third-order valence-corrected chi connectivity index (χ3v) is 2.80. The van der Waals surface area contributed by atoms with Gasteiger partial charge in [-0.1, -0.05) is 11.6 Å². The molecule has 1 heterocycles. The van der Waals surface area contributed by atoms with Crippen LogP contribution in [0.15, 0.2) is 18.2 Å². The van der Waals surface area contributed by atoms with Crippen LogP contribution in [-0.2, 0) is 17.2 Å². The maximum Gasteiger partial charge on any atom is 0.177 e. The Hall–Kier alpha value is -1.17. The summed E-state index contributed by atoms with van der Waals surface area (Å²) in [6.45, 7) is 0.271. The minimum Gasteiger partial charge on any atom is -0.377 e. The highest BCUT2D eigenvalue weighted by Gasteiger charge is 2.12. The molecule has 0 fully saturated rings. The smallest absolute Gasteiger partial charge is 0.177 e. The van der Waals surface area contributed by atoms with Crippen LogP contribution in [0.25, 0.3) is 5.69 Å². The van der Waals surface area contributed by atoms with Gasteiger partial charge in [-0.2, -0.15) is 0 Å². The van der Waals surface area contributed by atoms with Crippen LogP contribution >= 0.6 is 23.2 Å². The zero-order valence-corrected chi connectivity index (χ0v) is 11.0. The summed E-state index contributed by atoms with van der Waals surface area (Å²) in [6.07, 6.45) is 0. The van der Waals surface area contributed by atoms with Gasteiger partial charge in [0.2, 0.25) is 0 Å². The van der Waals surface area contributed by atoms with E-state index in [0.717, 1.165) is 0 Å². The fraction of sp³-hybridized carbons (Fsp3) is 0.273. The van der Waals surface area contributed by atoms with E-state index < -0.39 is 5.82 Å². The Morgan fingerprint density at radius 2 is 2.22 bits per heavy atom. The minimum atomic E-state index is -0.515. The Labute approximate surface area is 113 Å². The number of nitrogens with zero attached hydrogens (tertiary/aromatic N) is 3. The van der Waals surface area contributed by atoms with Gasteiger partial charge in [0.15, 0.2) is 5.82 Å². The number of hydrogen-bond acceptors (Lipinski definition) is 3. The molecule has 0 spiro atoms. The first kappa shape index (κ1) is 13.3. The Morgan fingerprint density at radius 1 is 1.44 bits per heavy atom. The molecule has 0 aliphatic carbocycles. The summed E-state index contributed by atoms with van der Waals surface area (Å²) in [7, 11) is 1.54. The topological polar surface area (TPSA) is 39.9 Å². The molecule has 2 rings (SSSR count). The van der Waals surface area contributed by atoms with E-state index in [-0.39, 0.29) is 17.5 Å². The maximum atomic E-state index is 13.4. The van der Waals surface area contributed by atoms with Gasteiger partial charge in [-0.25, -0.2) is 14.1 Å². The van der Waals surface area contributed by atoms with Crippen molar-refractivity contribution >= 4 is 23.2 Å². The third kappa shape index (κ3) is 2.63.